The average molecular weight is 347 g/mol. The molecule has 0 radical (unpaired) electrons. The van der Waals surface area contributed by atoms with Gasteiger partial charge in [0.15, 0.2) is 5.78 Å². The van der Waals surface area contributed by atoms with Crippen molar-refractivity contribution in [3.63, 3.8) is 0 Å². The van der Waals surface area contributed by atoms with Gasteiger partial charge in [-0.15, -0.1) is 0 Å². The number of pyridine rings is 1. The minimum absolute atomic E-state index is 0.0747. The monoisotopic (exact) mass is 346 g/mol. The Morgan fingerprint density at radius 2 is 2.05 bits per heavy atom. The largest absolute Gasteiger partial charge is 0.365 e. The summed E-state index contributed by atoms with van der Waals surface area (Å²) in [7, 11) is 0. The molecule has 1 aromatic heterocycles. The summed E-state index contributed by atoms with van der Waals surface area (Å²) in [5, 5.41) is 0. The molecular weight excluding hydrogens is 328 g/mol. The Labute approximate surface area is 134 Å². The van der Waals surface area contributed by atoms with Gasteiger partial charge in [-0.2, -0.15) is 0 Å². The van der Waals surface area contributed by atoms with Crippen LogP contribution in [0.4, 0.5) is 5.69 Å². The molecule has 1 aromatic carbocycles. The summed E-state index contributed by atoms with van der Waals surface area (Å²) in [5.41, 5.74) is 3.86. The van der Waals surface area contributed by atoms with E-state index >= 15 is 0 Å². The Morgan fingerprint density at radius 1 is 1.29 bits per heavy atom. The summed E-state index contributed by atoms with van der Waals surface area (Å²) in [6.07, 6.45) is 0. The van der Waals surface area contributed by atoms with E-state index in [-0.39, 0.29) is 5.78 Å². The molecule has 21 heavy (non-hydrogen) atoms. The minimum Gasteiger partial charge on any atom is -0.365 e. The van der Waals surface area contributed by atoms with Gasteiger partial charge in [0.25, 0.3) is 0 Å². The minimum atomic E-state index is 0.0747. The van der Waals surface area contributed by atoms with Gasteiger partial charge >= 0.3 is 0 Å². The molecule has 0 bridgehead atoms. The maximum Gasteiger partial charge on any atom is 0.159 e. The number of carbonyl (C=O) groups is 1. The Balaban J connectivity index is 2.27. The van der Waals surface area contributed by atoms with Gasteiger partial charge in [-0.3, -0.25) is 9.78 Å². The number of Topliss-reactive ketones (excluding diaryl/α,β-unsaturated/α-hetero) is 1. The molecule has 0 saturated carbocycles. The molecule has 0 unspecified atom stereocenters. The van der Waals surface area contributed by atoms with Crippen molar-refractivity contribution in [2.45, 2.75) is 27.3 Å². The number of carbonyl (C=O) groups excluding carboxylic acids is 1. The number of rotatable bonds is 5. The predicted octanol–water partition coefficient (Wildman–Crippen LogP) is 4.38. The third kappa shape index (κ3) is 3.91. The van der Waals surface area contributed by atoms with Crippen molar-refractivity contribution in [3.8, 4) is 0 Å². The van der Waals surface area contributed by atoms with Crippen LogP contribution in [0, 0.1) is 6.92 Å². The fourth-order valence-corrected chi connectivity index (χ4v) is 2.86. The maximum atomic E-state index is 11.4. The molecule has 0 N–H and O–H groups in total. The third-order valence-electron chi connectivity index (χ3n) is 3.38. The molecule has 110 valence electrons. The lowest BCUT2D eigenvalue weighted by Gasteiger charge is -2.24. The van der Waals surface area contributed by atoms with E-state index in [0.717, 1.165) is 40.2 Å². The van der Waals surface area contributed by atoms with Crippen LogP contribution in [0.2, 0.25) is 0 Å². The fraction of sp³-hybridized carbons (Fsp3) is 0.294. The molecule has 0 atom stereocenters. The Morgan fingerprint density at radius 3 is 2.62 bits per heavy atom. The zero-order valence-electron chi connectivity index (χ0n) is 12.6. The molecule has 0 aliphatic rings. The van der Waals surface area contributed by atoms with Gasteiger partial charge in [-0.25, -0.2) is 0 Å². The van der Waals surface area contributed by atoms with Crippen LogP contribution in [-0.4, -0.2) is 17.3 Å². The number of aromatic nitrogens is 1. The second-order valence-electron chi connectivity index (χ2n) is 5.01. The topological polar surface area (TPSA) is 33.2 Å². The predicted molar refractivity (Wildman–Crippen MR) is 89.8 cm³/mol. The average Bonchev–Trinajstić information content (AvgIpc) is 2.45. The fourth-order valence-electron chi connectivity index (χ4n) is 2.23. The van der Waals surface area contributed by atoms with Crippen molar-refractivity contribution in [2.75, 3.05) is 11.4 Å². The van der Waals surface area contributed by atoms with Gasteiger partial charge in [0.2, 0.25) is 0 Å². The summed E-state index contributed by atoms with van der Waals surface area (Å²) >= 11 is 3.57. The Kier molecular flexibility index (Phi) is 5.12. The van der Waals surface area contributed by atoms with Gasteiger partial charge in [0, 0.05) is 22.3 Å². The van der Waals surface area contributed by atoms with Crippen LogP contribution in [0.5, 0.6) is 0 Å². The highest BCUT2D eigenvalue weighted by Gasteiger charge is 2.11. The number of anilines is 1. The number of benzene rings is 1. The van der Waals surface area contributed by atoms with Gasteiger partial charge in [0.05, 0.1) is 17.9 Å². The summed E-state index contributed by atoms with van der Waals surface area (Å²) in [5.74, 6) is 0.0747. The summed E-state index contributed by atoms with van der Waals surface area (Å²) in [6.45, 7) is 7.30. The van der Waals surface area contributed by atoms with E-state index in [2.05, 4.69) is 32.7 Å². The number of nitrogens with zero attached hydrogens (tertiary/aromatic N) is 2. The highest BCUT2D eigenvalue weighted by molar-refractivity contribution is 9.10. The van der Waals surface area contributed by atoms with Crippen molar-refractivity contribution in [3.05, 3.63) is 57.8 Å². The lowest BCUT2D eigenvalue weighted by atomic mass is 10.1. The molecule has 0 aliphatic heterocycles. The first kappa shape index (κ1) is 15.7. The normalized spacial score (nSPS) is 10.5. The zero-order valence-corrected chi connectivity index (χ0v) is 14.1. The van der Waals surface area contributed by atoms with Crippen molar-refractivity contribution < 1.29 is 4.79 Å². The highest BCUT2D eigenvalue weighted by atomic mass is 79.9. The smallest absolute Gasteiger partial charge is 0.159 e. The first-order chi connectivity index (χ1) is 10.0. The van der Waals surface area contributed by atoms with E-state index in [1.165, 1.54) is 0 Å². The molecule has 1 heterocycles. The molecular formula is C17H19BrN2O. The van der Waals surface area contributed by atoms with E-state index in [1.807, 2.05) is 43.3 Å². The van der Waals surface area contributed by atoms with Crippen LogP contribution >= 0.6 is 15.9 Å². The Bertz CT molecular complexity index is 655. The zero-order chi connectivity index (χ0) is 15.4. The first-order valence-corrected chi connectivity index (χ1v) is 7.78. The lowest BCUT2D eigenvalue weighted by Crippen LogP contribution is -2.23. The van der Waals surface area contributed by atoms with Crippen molar-refractivity contribution in [2.24, 2.45) is 0 Å². The van der Waals surface area contributed by atoms with Gasteiger partial charge in [-0.05, 0) is 67.0 Å². The molecule has 0 saturated heterocycles. The first-order valence-electron chi connectivity index (χ1n) is 6.99. The molecule has 0 spiro atoms. The Hall–Kier alpha value is -1.68. The SMILES string of the molecule is CCN(Cc1cccc(C)n1)c1ccc(C(C)=O)cc1Br. The molecule has 3 nitrogen and oxygen atoms in total. The quantitative estimate of drug-likeness (QED) is 0.753. The van der Waals surface area contributed by atoms with E-state index in [4.69, 9.17) is 0 Å². The molecule has 2 rings (SSSR count). The van der Waals surface area contributed by atoms with Crippen LogP contribution in [0.25, 0.3) is 0 Å². The number of ketones is 1. The second kappa shape index (κ2) is 6.85. The van der Waals surface area contributed by atoms with Crippen LogP contribution < -0.4 is 4.90 Å². The van der Waals surface area contributed by atoms with Crippen molar-refractivity contribution >= 4 is 27.4 Å². The van der Waals surface area contributed by atoms with Crippen molar-refractivity contribution in [1.82, 2.24) is 4.98 Å². The highest BCUT2D eigenvalue weighted by Crippen LogP contribution is 2.28. The van der Waals surface area contributed by atoms with E-state index in [1.54, 1.807) is 6.92 Å². The number of hydrogen-bond acceptors (Lipinski definition) is 3. The number of aryl methyl sites for hydroxylation is 1. The third-order valence-corrected chi connectivity index (χ3v) is 4.01. The summed E-state index contributed by atoms with van der Waals surface area (Å²) in [6, 6.07) is 11.8. The van der Waals surface area contributed by atoms with Crippen molar-refractivity contribution in [1.29, 1.82) is 0 Å². The van der Waals surface area contributed by atoms with Crippen LogP contribution in [0.15, 0.2) is 40.9 Å². The van der Waals surface area contributed by atoms with E-state index in [0.29, 0.717) is 0 Å². The number of hydrogen-bond donors (Lipinski definition) is 0. The molecule has 0 amide bonds. The standard InChI is InChI=1S/C17H19BrN2O/c1-4-20(11-15-7-5-6-12(2)19-15)17-9-8-14(13(3)21)10-16(17)18/h5-10H,4,11H2,1-3H3. The molecule has 0 aliphatic carbocycles. The number of halogens is 1. The van der Waals surface area contributed by atoms with Gasteiger partial charge < -0.3 is 4.90 Å². The van der Waals surface area contributed by atoms with Crippen LogP contribution in [-0.2, 0) is 6.54 Å². The summed E-state index contributed by atoms with van der Waals surface area (Å²) < 4.78 is 0.935. The molecule has 0 fully saturated rings. The van der Waals surface area contributed by atoms with E-state index < -0.39 is 0 Å². The maximum absolute atomic E-state index is 11.4. The molecule has 4 heteroatoms. The van der Waals surface area contributed by atoms with Crippen LogP contribution in [0.3, 0.4) is 0 Å². The van der Waals surface area contributed by atoms with Gasteiger partial charge in [-0.1, -0.05) is 6.07 Å². The van der Waals surface area contributed by atoms with Gasteiger partial charge in [0.1, 0.15) is 0 Å². The lowest BCUT2D eigenvalue weighted by molar-refractivity contribution is 0.101. The van der Waals surface area contributed by atoms with Crippen LogP contribution in [0.1, 0.15) is 35.6 Å². The molecule has 2 aromatic rings. The van der Waals surface area contributed by atoms with E-state index in [9.17, 15) is 4.79 Å². The second-order valence-corrected chi connectivity index (χ2v) is 5.86. The summed E-state index contributed by atoms with van der Waals surface area (Å²) in [4.78, 5) is 18.2.